The maximum absolute atomic E-state index is 13.3. The predicted octanol–water partition coefficient (Wildman–Crippen LogP) is 7.37. The van der Waals surface area contributed by atoms with Crippen LogP contribution in [-0.4, -0.2) is 36.7 Å². The van der Waals surface area contributed by atoms with Crippen LogP contribution < -0.4 is 0 Å². The zero-order chi connectivity index (χ0) is 28.1. The minimum absolute atomic E-state index is 0.238. The van der Waals surface area contributed by atoms with Crippen LogP contribution in [-0.2, 0) is 19.9 Å². The molecule has 5 rings (SSSR count). The molecule has 0 aliphatic heterocycles. The predicted molar refractivity (Wildman–Crippen MR) is 130 cm³/mol. The normalized spacial score (nSPS) is 29.4. The number of alkyl halides is 6. The molecule has 1 aromatic rings. The molecule has 0 amide bonds. The molecule has 2 unspecified atom stereocenters. The van der Waals surface area contributed by atoms with E-state index in [9.17, 15) is 39.9 Å². The second kappa shape index (κ2) is 10.3. The summed E-state index contributed by atoms with van der Waals surface area (Å²) in [5.74, 6) is 1.41. The maximum Gasteiger partial charge on any atom is 0.430 e. The summed E-state index contributed by atoms with van der Waals surface area (Å²) in [4.78, 5) is 0. The molecule has 0 radical (unpaired) electrons. The Bertz CT molecular complexity index is 1030. The fraction of sp³-hybridized carbons (Fsp3) is 0.778. The van der Waals surface area contributed by atoms with Gasteiger partial charge in [-0.3, -0.25) is 4.18 Å². The monoisotopic (exact) mass is 570 g/mol. The van der Waals surface area contributed by atoms with Crippen LogP contribution in [0.15, 0.2) is 24.3 Å². The lowest BCUT2D eigenvalue weighted by atomic mass is 9.54. The van der Waals surface area contributed by atoms with Gasteiger partial charge >= 0.3 is 12.4 Å². The summed E-state index contributed by atoms with van der Waals surface area (Å²) in [6, 6.07) is 3.58. The first kappa shape index (κ1) is 29.6. The second-order valence-electron chi connectivity index (χ2n) is 11.9. The summed E-state index contributed by atoms with van der Waals surface area (Å²) >= 11 is 0. The number of aliphatic hydroxyl groups is 1. The smallest absolute Gasteiger partial charge is 0.369 e. The lowest BCUT2D eigenvalue weighted by Crippen LogP contribution is -2.53. The molecule has 4 nitrogen and oxygen atoms in total. The first-order valence-electron chi connectivity index (χ1n) is 13.4. The van der Waals surface area contributed by atoms with Crippen molar-refractivity contribution in [1.82, 2.24) is 0 Å². The summed E-state index contributed by atoms with van der Waals surface area (Å²) in [6.45, 7) is 3.58. The van der Waals surface area contributed by atoms with Crippen molar-refractivity contribution < 1.29 is 44.0 Å². The van der Waals surface area contributed by atoms with Crippen molar-refractivity contribution in [2.45, 2.75) is 113 Å². The van der Waals surface area contributed by atoms with Gasteiger partial charge in [0.15, 0.2) is 0 Å². The van der Waals surface area contributed by atoms with E-state index in [0.717, 1.165) is 31.4 Å². The van der Waals surface area contributed by atoms with Crippen molar-refractivity contribution in [2.24, 2.45) is 17.8 Å². The Morgan fingerprint density at radius 3 is 1.82 bits per heavy atom. The third-order valence-electron chi connectivity index (χ3n) is 9.02. The van der Waals surface area contributed by atoms with Crippen molar-refractivity contribution in [3.63, 3.8) is 0 Å². The molecule has 216 valence electrons. The van der Waals surface area contributed by atoms with Gasteiger partial charge in [0, 0.05) is 5.56 Å². The maximum atomic E-state index is 13.3. The highest BCUT2D eigenvalue weighted by Gasteiger charge is 2.71. The standard InChI is InChI=1S/C27H36F6O4S/c1-3-23(38(35,36)37-24-14-18-11-19(15-24)13-20(12-18)16-24)6-4-5-17(2)21-7-9-22(10-8-21)25(34,26(28,29)30)27(31,32)33/h7-10,17-20,23,34H,3-6,11-16H2,1-2H3. The Labute approximate surface area is 220 Å². The lowest BCUT2D eigenvalue weighted by Gasteiger charge is -2.55. The molecule has 4 aliphatic carbocycles. The molecule has 0 saturated heterocycles. The Morgan fingerprint density at radius 2 is 1.39 bits per heavy atom. The Hall–Kier alpha value is -1.33. The summed E-state index contributed by atoms with van der Waals surface area (Å²) in [5.41, 5.74) is -6.32. The van der Waals surface area contributed by atoms with E-state index in [1.54, 1.807) is 13.8 Å². The van der Waals surface area contributed by atoms with Crippen LogP contribution in [0.3, 0.4) is 0 Å². The minimum atomic E-state index is -5.93. The van der Waals surface area contributed by atoms with Crippen molar-refractivity contribution in [2.75, 3.05) is 0 Å². The summed E-state index contributed by atoms with van der Waals surface area (Å²) < 4.78 is 111. The van der Waals surface area contributed by atoms with Gasteiger partial charge in [-0.25, -0.2) is 0 Å². The fourth-order valence-electron chi connectivity index (χ4n) is 7.36. The molecule has 4 saturated carbocycles. The highest BCUT2D eigenvalue weighted by atomic mass is 32.2. The molecule has 0 spiro atoms. The van der Waals surface area contributed by atoms with Crippen LogP contribution in [0.25, 0.3) is 0 Å². The van der Waals surface area contributed by atoms with Gasteiger partial charge in [-0.2, -0.15) is 34.8 Å². The van der Waals surface area contributed by atoms with Gasteiger partial charge < -0.3 is 5.11 Å². The fourth-order valence-corrected chi connectivity index (χ4v) is 9.06. The second-order valence-corrected chi connectivity index (χ2v) is 13.7. The van der Waals surface area contributed by atoms with Gasteiger partial charge in [0.2, 0.25) is 0 Å². The molecule has 2 atom stereocenters. The van der Waals surface area contributed by atoms with Gasteiger partial charge in [0.25, 0.3) is 15.7 Å². The Balaban J connectivity index is 1.35. The van der Waals surface area contributed by atoms with E-state index in [0.29, 0.717) is 61.1 Å². The highest BCUT2D eigenvalue weighted by molar-refractivity contribution is 7.87. The number of rotatable bonds is 10. The lowest BCUT2D eigenvalue weighted by molar-refractivity contribution is -0.376. The average Bonchev–Trinajstić information content (AvgIpc) is 2.78. The van der Waals surface area contributed by atoms with E-state index in [1.807, 2.05) is 0 Å². The molecule has 4 aliphatic rings. The largest absolute Gasteiger partial charge is 0.430 e. The molecule has 38 heavy (non-hydrogen) atoms. The van der Waals surface area contributed by atoms with E-state index in [4.69, 9.17) is 4.18 Å². The van der Waals surface area contributed by atoms with Crippen LogP contribution >= 0.6 is 0 Å². The zero-order valence-corrected chi connectivity index (χ0v) is 22.4. The SMILES string of the molecule is CCC(CCCC(C)c1ccc(C(O)(C(F)(F)F)C(F)(F)F)cc1)S(=O)(=O)OC12CC3CC(CC(C3)C1)C2. The van der Waals surface area contributed by atoms with Crippen LogP contribution in [0.5, 0.6) is 0 Å². The van der Waals surface area contributed by atoms with Crippen LogP contribution in [0.4, 0.5) is 26.3 Å². The molecule has 0 heterocycles. The van der Waals surface area contributed by atoms with Crippen molar-refractivity contribution in [1.29, 1.82) is 0 Å². The topological polar surface area (TPSA) is 63.6 Å². The van der Waals surface area contributed by atoms with E-state index < -0.39 is 44.5 Å². The van der Waals surface area contributed by atoms with E-state index >= 15 is 0 Å². The molecule has 4 fully saturated rings. The third kappa shape index (κ3) is 5.61. The molecule has 1 N–H and O–H groups in total. The molecular weight excluding hydrogens is 534 g/mol. The van der Waals surface area contributed by atoms with Gasteiger partial charge in [-0.15, -0.1) is 0 Å². The zero-order valence-electron chi connectivity index (χ0n) is 21.6. The van der Waals surface area contributed by atoms with E-state index in [2.05, 4.69) is 0 Å². The molecule has 11 heteroatoms. The quantitative estimate of drug-likeness (QED) is 0.236. The third-order valence-corrected chi connectivity index (χ3v) is 11.0. The average molecular weight is 571 g/mol. The van der Waals surface area contributed by atoms with Crippen LogP contribution in [0, 0.1) is 17.8 Å². The number of benzene rings is 1. The Kier molecular flexibility index (Phi) is 8.00. The first-order chi connectivity index (χ1) is 17.5. The number of hydrogen-bond acceptors (Lipinski definition) is 4. The summed E-state index contributed by atoms with van der Waals surface area (Å²) in [5, 5.41) is 8.89. The Morgan fingerprint density at radius 1 is 0.921 bits per heavy atom. The van der Waals surface area contributed by atoms with Crippen molar-refractivity contribution >= 4 is 10.1 Å². The van der Waals surface area contributed by atoms with Crippen LogP contribution in [0.2, 0.25) is 0 Å². The molecular formula is C27H36F6O4S. The number of halogens is 6. The van der Waals surface area contributed by atoms with Gasteiger partial charge in [-0.1, -0.05) is 44.5 Å². The van der Waals surface area contributed by atoms with Gasteiger partial charge in [0.05, 0.1) is 10.9 Å². The van der Waals surface area contributed by atoms with Crippen LogP contribution in [0.1, 0.15) is 95.1 Å². The minimum Gasteiger partial charge on any atom is -0.369 e. The van der Waals surface area contributed by atoms with Gasteiger partial charge in [0.1, 0.15) is 0 Å². The van der Waals surface area contributed by atoms with Gasteiger partial charge in [-0.05, 0) is 87.0 Å². The first-order valence-corrected chi connectivity index (χ1v) is 14.9. The number of hydrogen-bond donors (Lipinski definition) is 1. The summed E-state index contributed by atoms with van der Waals surface area (Å²) in [6.07, 6.45) is -4.20. The summed E-state index contributed by atoms with van der Waals surface area (Å²) in [7, 11) is -3.79. The molecule has 0 aromatic heterocycles. The van der Waals surface area contributed by atoms with Crippen molar-refractivity contribution in [3.05, 3.63) is 35.4 Å². The molecule has 1 aromatic carbocycles. The van der Waals surface area contributed by atoms with E-state index in [1.165, 1.54) is 19.3 Å². The molecule has 4 bridgehead atoms. The van der Waals surface area contributed by atoms with Crippen molar-refractivity contribution in [3.8, 4) is 0 Å². The van der Waals surface area contributed by atoms with E-state index in [-0.39, 0.29) is 5.92 Å². The highest BCUT2D eigenvalue weighted by Crippen LogP contribution is 2.58.